The number of alkyl halides is 1. The van der Waals surface area contributed by atoms with Crippen LogP contribution in [0.15, 0.2) is 35.5 Å². The number of amidine groups is 1. The topological polar surface area (TPSA) is 101 Å². The molecule has 0 radical (unpaired) electrons. The summed E-state index contributed by atoms with van der Waals surface area (Å²) >= 11 is 6.06. The minimum Gasteiger partial charge on any atom is -0.462 e. The van der Waals surface area contributed by atoms with Crippen LogP contribution < -0.4 is 5.73 Å². The Labute approximate surface area is 176 Å². The monoisotopic (exact) mass is 430 g/mol. The van der Waals surface area contributed by atoms with Crippen LogP contribution in [0.25, 0.3) is 0 Å². The molecule has 6 nitrogen and oxygen atoms in total. The average molecular weight is 431 g/mol. The fraction of sp³-hybridized carbons (Fsp3) is 0.333. The number of carbonyl (C=O) groups is 1. The summed E-state index contributed by atoms with van der Waals surface area (Å²) in [7, 11) is 0. The van der Waals surface area contributed by atoms with Gasteiger partial charge in [0.25, 0.3) is 6.02 Å². The summed E-state index contributed by atoms with van der Waals surface area (Å²) in [4.78, 5) is 20.8. The third-order valence-corrected chi connectivity index (χ3v) is 5.82. The molecule has 1 aliphatic heterocycles. The van der Waals surface area contributed by atoms with Gasteiger partial charge in [-0.05, 0) is 37.1 Å². The molecule has 4 rings (SSSR count). The zero-order valence-electron chi connectivity index (χ0n) is 15.9. The third-order valence-electron chi connectivity index (χ3n) is 5.53. The summed E-state index contributed by atoms with van der Waals surface area (Å²) in [5.74, 6) is -1.38. The van der Waals surface area contributed by atoms with Crippen molar-refractivity contribution in [3.8, 4) is 6.07 Å². The second-order valence-electron chi connectivity index (χ2n) is 7.47. The molecule has 1 aromatic heterocycles. The molecule has 2 heterocycles. The molecule has 1 fully saturated rings. The fourth-order valence-electron chi connectivity index (χ4n) is 4.03. The van der Waals surface area contributed by atoms with E-state index in [0.29, 0.717) is 12.0 Å². The van der Waals surface area contributed by atoms with Gasteiger partial charge in [0.05, 0.1) is 10.6 Å². The number of hydrogen-bond donors (Lipinski definition) is 1. The predicted molar refractivity (Wildman–Crippen MR) is 105 cm³/mol. The van der Waals surface area contributed by atoms with Crippen molar-refractivity contribution in [3.63, 3.8) is 0 Å². The Morgan fingerprint density at radius 3 is 2.93 bits per heavy atom. The van der Waals surface area contributed by atoms with Gasteiger partial charge in [0.1, 0.15) is 35.4 Å². The van der Waals surface area contributed by atoms with Crippen molar-refractivity contribution in [1.82, 2.24) is 4.98 Å². The molecule has 2 aliphatic rings. The largest absolute Gasteiger partial charge is 0.462 e. The molecule has 1 aliphatic carbocycles. The maximum absolute atomic E-state index is 14.8. The van der Waals surface area contributed by atoms with Crippen LogP contribution in [0.3, 0.4) is 0 Å². The van der Waals surface area contributed by atoms with Crippen LogP contribution in [0.1, 0.15) is 40.5 Å². The minimum absolute atomic E-state index is 0.00528. The van der Waals surface area contributed by atoms with Crippen molar-refractivity contribution >= 4 is 23.4 Å². The van der Waals surface area contributed by atoms with Crippen molar-refractivity contribution in [1.29, 1.82) is 5.26 Å². The number of halogens is 3. The van der Waals surface area contributed by atoms with Gasteiger partial charge in [-0.3, -0.25) is 9.78 Å². The molecule has 1 unspecified atom stereocenters. The molecule has 154 valence electrons. The van der Waals surface area contributed by atoms with Crippen LogP contribution in [-0.2, 0) is 16.7 Å². The van der Waals surface area contributed by atoms with Crippen LogP contribution in [0.2, 0.25) is 5.02 Å². The lowest BCUT2D eigenvalue weighted by Gasteiger charge is -2.35. The molecule has 4 atom stereocenters. The number of carbonyl (C=O) groups excluding carboxylic acids is 1. The van der Waals surface area contributed by atoms with E-state index >= 15 is 0 Å². The smallest absolute Gasteiger partial charge is 0.283 e. The van der Waals surface area contributed by atoms with Crippen molar-refractivity contribution in [2.24, 2.45) is 16.6 Å². The first kappa shape index (κ1) is 20.2. The number of benzene rings is 1. The normalized spacial score (nSPS) is 25.4. The third kappa shape index (κ3) is 3.29. The quantitative estimate of drug-likeness (QED) is 0.732. The highest BCUT2D eigenvalue weighted by Crippen LogP contribution is 2.55. The number of aromatic nitrogens is 1. The van der Waals surface area contributed by atoms with E-state index in [9.17, 15) is 13.6 Å². The Kier molecular flexibility index (Phi) is 4.94. The minimum atomic E-state index is -1.52. The Hall–Kier alpha value is -3.05. The van der Waals surface area contributed by atoms with Gasteiger partial charge in [0.15, 0.2) is 5.78 Å². The first-order valence-electron chi connectivity index (χ1n) is 9.30. The number of aliphatic imine (C=N–C) groups is 1. The lowest BCUT2D eigenvalue weighted by molar-refractivity contribution is 0.0988. The van der Waals surface area contributed by atoms with Gasteiger partial charge in [0.2, 0.25) is 0 Å². The zero-order chi connectivity index (χ0) is 21.6. The molecule has 30 heavy (non-hydrogen) atoms. The molecule has 0 saturated heterocycles. The Balaban J connectivity index is 1.70. The van der Waals surface area contributed by atoms with E-state index in [0.717, 1.165) is 0 Å². The Morgan fingerprint density at radius 2 is 2.27 bits per heavy atom. The number of nitriles is 1. The predicted octanol–water partition coefficient (Wildman–Crippen LogP) is 3.46. The van der Waals surface area contributed by atoms with Crippen LogP contribution in [0.5, 0.6) is 0 Å². The van der Waals surface area contributed by atoms with Crippen LogP contribution >= 0.6 is 11.6 Å². The van der Waals surface area contributed by atoms with Crippen LogP contribution in [0.4, 0.5) is 8.78 Å². The number of hydrogen-bond acceptors (Lipinski definition) is 6. The molecular weight excluding hydrogens is 414 g/mol. The number of nitrogens with two attached hydrogens (primary N) is 1. The van der Waals surface area contributed by atoms with E-state index in [1.54, 1.807) is 0 Å². The van der Waals surface area contributed by atoms with E-state index in [2.05, 4.69) is 9.98 Å². The summed E-state index contributed by atoms with van der Waals surface area (Å²) in [6, 6.07) is 7.15. The standard InChI is InChI=1S/C21H17ClF2N4O2/c1-10(23)21(14-7-18(14)30-20(26)28-21)13-4-11(2-3-16(13)24)6-17(29)19-15(22)5-12(8-25)9-27-19/h2-5,9-10,14,18H,6-7H2,1H3,(H2,26,28)/t10?,14-,18+,21+/m0/s1. The Morgan fingerprint density at radius 1 is 1.50 bits per heavy atom. The highest BCUT2D eigenvalue weighted by atomic mass is 35.5. The summed E-state index contributed by atoms with van der Waals surface area (Å²) in [5.41, 5.74) is 4.96. The van der Waals surface area contributed by atoms with Crippen LogP contribution in [0, 0.1) is 23.1 Å². The van der Waals surface area contributed by atoms with E-state index in [1.807, 2.05) is 6.07 Å². The molecule has 9 heteroatoms. The maximum atomic E-state index is 14.8. The number of ether oxygens (including phenoxy) is 1. The van der Waals surface area contributed by atoms with Gasteiger partial charge in [-0.25, -0.2) is 13.8 Å². The number of Topliss-reactive ketones (excluding diaryl/α,β-unsaturated/α-hetero) is 1. The second kappa shape index (κ2) is 7.33. The molecule has 1 aromatic carbocycles. The van der Waals surface area contributed by atoms with E-state index in [1.165, 1.54) is 37.4 Å². The highest BCUT2D eigenvalue weighted by Gasteiger charge is 2.62. The first-order chi connectivity index (χ1) is 14.3. The SMILES string of the molecule is CC(F)[C@]1(c2cc(CC(=O)c3ncc(C#N)cc3Cl)ccc2F)N=C(N)O[C@@H]2C[C@@H]21. The molecule has 2 N–H and O–H groups in total. The van der Waals surface area contributed by atoms with Gasteiger partial charge in [0, 0.05) is 24.1 Å². The van der Waals surface area contributed by atoms with Crippen molar-refractivity contribution in [3.05, 3.63) is 63.7 Å². The van der Waals surface area contributed by atoms with E-state index in [4.69, 9.17) is 27.3 Å². The second-order valence-corrected chi connectivity index (χ2v) is 7.88. The van der Waals surface area contributed by atoms with Gasteiger partial charge in [-0.1, -0.05) is 17.7 Å². The number of ketones is 1. The highest BCUT2D eigenvalue weighted by molar-refractivity contribution is 6.33. The van der Waals surface area contributed by atoms with Gasteiger partial charge in [-0.15, -0.1) is 0 Å². The lowest BCUT2D eigenvalue weighted by Crippen LogP contribution is -2.44. The Bertz CT molecular complexity index is 1110. The van der Waals surface area contributed by atoms with Gasteiger partial charge < -0.3 is 10.5 Å². The zero-order valence-corrected chi connectivity index (χ0v) is 16.7. The number of rotatable bonds is 5. The molecule has 0 bridgehead atoms. The van der Waals surface area contributed by atoms with Crippen molar-refractivity contribution in [2.75, 3.05) is 0 Å². The molecule has 1 saturated carbocycles. The van der Waals surface area contributed by atoms with Gasteiger partial charge >= 0.3 is 0 Å². The molecule has 0 amide bonds. The summed E-state index contributed by atoms with van der Waals surface area (Å²) in [6.45, 7) is 1.31. The van der Waals surface area contributed by atoms with Crippen molar-refractivity contribution < 1.29 is 18.3 Å². The lowest BCUT2D eigenvalue weighted by atomic mass is 9.80. The molecule has 2 aromatic rings. The number of nitrogens with zero attached hydrogens (tertiary/aromatic N) is 3. The maximum Gasteiger partial charge on any atom is 0.283 e. The number of pyridine rings is 1. The number of fused-ring (bicyclic) bond motifs is 1. The van der Waals surface area contributed by atoms with Crippen molar-refractivity contribution in [2.45, 2.75) is 37.6 Å². The molecule has 0 spiro atoms. The summed E-state index contributed by atoms with van der Waals surface area (Å²) in [6.07, 6.45) is -0.183. The van der Waals surface area contributed by atoms with Crippen LogP contribution in [-0.4, -0.2) is 29.1 Å². The molecular formula is C21H17ClF2N4O2. The first-order valence-corrected chi connectivity index (χ1v) is 9.68. The summed E-state index contributed by atoms with van der Waals surface area (Å²) in [5, 5.41) is 8.95. The average Bonchev–Trinajstić information content (AvgIpc) is 3.48. The summed E-state index contributed by atoms with van der Waals surface area (Å²) < 4.78 is 35.0. The van der Waals surface area contributed by atoms with Gasteiger partial charge in [-0.2, -0.15) is 5.26 Å². The fourth-order valence-corrected chi connectivity index (χ4v) is 4.30. The van der Waals surface area contributed by atoms with E-state index < -0.39 is 23.3 Å². The van der Waals surface area contributed by atoms with E-state index in [-0.39, 0.29) is 46.3 Å².